The van der Waals surface area contributed by atoms with Gasteiger partial charge in [-0.25, -0.2) is 0 Å². The number of pyridine rings is 1. The van der Waals surface area contributed by atoms with Crippen molar-refractivity contribution in [3.8, 4) is 16.9 Å². The first-order valence-corrected chi connectivity index (χ1v) is 7.02. The van der Waals surface area contributed by atoms with E-state index in [9.17, 15) is 0 Å². The molecule has 0 spiro atoms. The van der Waals surface area contributed by atoms with E-state index in [1.165, 1.54) is 29.3 Å². The lowest BCUT2D eigenvalue weighted by molar-refractivity contribution is 0.289. The van der Waals surface area contributed by atoms with E-state index in [1.807, 2.05) is 13.1 Å². The van der Waals surface area contributed by atoms with Gasteiger partial charge in [-0.1, -0.05) is 18.2 Å². The molecular weight excluding hydrogens is 248 g/mol. The van der Waals surface area contributed by atoms with Crippen LogP contribution in [-0.2, 0) is 6.42 Å². The molecule has 0 fully saturated rings. The molecule has 1 aromatic carbocycles. The highest BCUT2D eigenvalue weighted by Gasteiger charge is 2.16. The highest BCUT2D eigenvalue weighted by molar-refractivity contribution is 5.74. The molecule has 106 valence electrons. The lowest BCUT2D eigenvalue weighted by Gasteiger charge is -2.21. The highest BCUT2D eigenvalue weighted by Crippen LogP contribution is 2.37. The molecule has 3 nitrogen and oxygen atoms in total. The Hall–Kier alpha value is -1.87. The van der Waals surface area contributed by atoms with E-state index in [2.05, 4.69) is 41.9 Å². The van der Waals surface area contributed by atoms with Crippen LogP contribution in [0.5, 0.6) is 5.75 Å². The van der Waals surface area contributed by atoms with Gasteiger partial charge in [-0.15, -0.1) is 0 Å². The quantitative estimate of drug-likeness (QED) is 0.865. The predicted molar refractivity (Wildman–Crippen MR) is 83.1 cm³/mol. The van der Waals surface area contributed by atoms with Gasteiger partial charge in [-0.3, -0.25) is 4.98 Å². The number of benzene rings is 1. The van der Waals surface area contributed by atoms with Crippen LogP contribution < -0.4 is 10.5 Å². The van der Waals surface area contributed by atoms with Crippen molar-refractivity contribution in [2.24, 2.45) is 5.73 Å². The predicted octanol–water partition coefficient (Wildman–Crippen LogP) is 3.27. The summed E-state index contributed by atoms with van der Waals surface area (Å²) in [5.74, 6) is 1.05. The second-order valence-corrected chi connectivity index (χ2v) is 4.89. The fourth-order valence-electron chi connectivity index (χ4n) is 2.58. The highest BCUT2D eigenvalue weighted by atomic mass is 16.5. The number of para-hydroxylation sites is 1. The Morgan fingerprint density at radius 3 is 2.70 bits per heavy atom. The van der Waals surface area contributed by atoms with Crippen LogP contribution >= 0.6 is 0 Å². The lowest BCUT2D eigenvalue weighted by atomic mass is 9.96. The fraction of sp³-hybridized carbons (Fsp3) is 0.353. The Labute approximate surface area is 120 Å². The van der Waals surface area contributed by atoms with E-state index in [0.29, 0.717) is 0 Å². The van der Waals surface area contributed by atoms with Crippen molar-refractivity contribution in [1.82, 2.24) is 4.98 Å². The first-order valence-electron chi connectivity index (χ1n) is 7.02. The van der Waals surface area contributed by atoms with E-state index in [4.69, 9.17) is 4.74 Å². The summed E-state index contributed by atoms with van der Waals surface area (Å²) in [6, 6.07) is 8.53. The van der Waals surface area contributed by atoms with Crippen LogP contribution in [0.2, 0.25) is 0 Å². The molecule has 3 heteroatoms. The molecule has 1 aromatic heterocycles. The molecule has 2 heterocycles. The van der Waals surface area contributed by atoms with Gasteiger partial charge in [-0.2, -0.15) is 0 Å². The Balaban J connectivity index is 0.000000704. The van der Waals surface area contributed by atoms with E-state index in [1.54, 1.807) is 0 Å². The zero-order valence-corrected chi connectivity index (χ0v) is 12.4. The summed E-state index contributed by atoms with van der Waals surface area (Å²) in [4.78, 5) is 4.41. The van der Waals surface area contributed by atoms with Crippen LogP contribution in [0.3, 0.4) is 0 Å². The molecule has 0 radical (unpaired) electrons. The summed E-state index contributed by atoms with van der Waals surface area (Å²) in [5, 5.41) is 0. The molecule has 0 saturated carbocycles. The molecule has 0 amide bonds. The third-order valence-electron chi connectivity index (χ3n) is 3.47. The molecule has 1 aliphatic heterocycles. The molecule has 0 aliphatic carbocycles. The third kappa shape index (κ3) is 2.83. The number of hydrogen-bond donors (Lipinski definition) is 1. The molecule has 20 heavy (non-hydrogen) atoms. The molecule has 1 aliphatic rings. The van der Waals surface area contributed by atoms with Crippen molar-refractivity contribution < 1.29 is 4.74 Å². The van der Waals surface area contributed by atoms with Gasteiger partial charge in [0.15, 0.2) is 0 Å². The molecular formula is C17H22N2O. The monoisotopic (exact) mass is 270 g/mol. The summed E-state index contributed by atoms with van der Waals surface area (Å²) >= 11 is 0. The number of nitrogens with two attached hydrogens (primary N) is 1. The molecule has 0 saturated heterocycles. The minimum atomic E-state index is 0.822. The molecule has 0 unspecified atom stereocenters. The minimum absolute atomic E-state index is 0.822. The van der Waals surface area contributed by atoms with Gasteiger partial charge >= 0.3 is 0 Å². The maximum Gasteiger partial charge on any atom is 0.130 e. The number of aryl methyl sites for hydroxylation is 3. The van der Waals surface area contributed by atoms with E-state index in [0.717, 1.165) is 30.9 Å². The number of ether oxygens (including phenoxy) is 1. The van der Waals surface area contributed by atoms with Crippen molar-refractivity contribution in [2.75, 3.05) is 13.7 Å². The van der Waals surface area contributed by atoms with Gasteiger partial charge in [0.2, 0.25) is 0 Å². The zero-order chi connectivity index (χ0) is 14.5. The number of aromatic nitrogens is 1. The first kappa shape index (κ1) is 14.5. The summed E-state index contributed by atoms with van der Waals surface area (Å²) in [6.07, 6.45) is 4.18. The van der Waals surface area contributed by atoms with Crippen LogP contribution in [0.1, 0.15) is 23.2 Å². The average molecular weight is 270 g/mol. The molecule has 3 rings (SSSR count). The van der Waals surface area contributed by atoms with Crippen molar-refractivity contribution >= 4 is 0 Å². The molecule has 0 bridgehead atoms. The molecule has 0 atom stereocenters. The lowest BCUT2D eigenvalue weighted by Crippen LogP contribution is -2.09. The topological polar surface area (TPSA) is 48.1 Å². The maximum atomic E-state index is 5.87. The van der Waals surface area contributed by atoms with Gasteiger partial charge in [0.05, 0.1) is 6.61 Å². The number of fused-ring (bicyclic) bond motifs is 1. The van der Waals surface area contributed by atoms with Gasteiger partial charge in [0.25, 0.3) is 0 Å². The van der Waals surface area contributed by atoms with Crippen LogP contribution in [0.25, 0.3) is 11.1 Å². The SMILES string of the molecule is CN.Cc1cc(C)c(-c2cccc3c2OCCC3)cn1. The van der Waals surface area contributed by atoms with Gasteiger partial charge in [-0.05, 0) is 50.9 Å². The Morgan fingerprint density at radius 2 is 1.95 bits per heavy atom. The number of hydrogen-bond acceptors (Lipinski definition) is 3. The van der Waals surface area contributed by atoms with E-state index >= 15 is 0 Å². The Kier molecular flexibility index (Phi) is 4.74. The summed E-state index contributed by atoms with van der Waals surface area (Å²) in [7, 11) is 1.50. The average Bonchev–Trinajstić information content (AvgIpc) is 2.49. The summed E-state index contributed by atoms with van der Waals surface area (Å²) in [6.45, 7) is 4.97. The van der Waals surface area contributed by atoms with Crippen molar-refractivity contribution in [2.45, 2.75) is 26.7 Å². The second kappa shape index (κ2) is 6.53. The molecule has 2 N–H and O–H groups in total. The van der Waals surface area contributed by atoms with Crippen molar-refractivity contribution in [3.05, 3.63) is 47.3 Å². The van der Waals surface area contributed by atoms with Crippen LogP contribution in [0.15, 0.2) is 30.5 Å². The standard InChI is InChI=1S/C16H17NO.CH5N/c1-11-9-12(2)17-10-15(11)14-7-3-5-13-6-4-8-18-16(13)14;1-2/h3,5,7,9-10H,4,6,8H2,1-2H3;2H2,1H3. The summed E-state index contributed by atoms with van der Waals surface area (Å²) in [5.41, 5.74) is 10.5. The third-order valence-corrected chi connectivity index (χ3v) is 3.47. The molecule has 2 aromatic rings. The second-order valence-electron chi connectivity index (χ2n) is 4.89. The first-order chi connectivity index (χ1) is 9.75. The van der Waals surface area contributed by atoms with Gasteiger partial charge < -0.3 is 10.5 Å². The summed E-state index contributed by atoms with van der Waals surface area (Å²) < 4.78 is 5.87. The van der Waals surface area contributed by atoms with Crippen molar-refractivity contribution in [3.63, 3.8) is 0 Å². The van der Waals surface area contributed by atoms with Crippen LogP contribution in [0.4, 0.5) is 0 Å². The Bertz CT molecular complexity index is 594. The number of nitrogens with zero attached hydrogens (tertiary/aromatic N) is 1. The van der Waals surface area contributed by atoms with Crippen LogP contribution in [-0.4, -0.2) is 18.6 Å². The van der Waals surface area contributed by atoms with Crippen molar-refractivity contribution in [1.29, 1.82) is 0 Å². The number of rotatable bonds is 1. The zero-order valence-electron chi connectivity index (χ0n) is 12.4. The normalized spacial score (nSPS) is 12.8. The maximum absolute atomic E-state index is 5.87. The van der Waals surface area contributed by atoms with E-state index < -0.39 is 0 Å². The van der Waals surface area contributed by atoms with Crippen LogP contribution in [0, 0.1) is 13.8 Å². The Morgan fingerprint density at radius 1 is 1.15 bits per heavy atom. The van der Waals surface area contributed by atoms with Gasteiger partial charge in [0.1, 0.15) is 5.75 Å². The largest absolute Gasteiger partial charge is 0.493 e. The van der Waals surface area contributed by atoms with Gasteiger partial charge in [0, 0.05) is 23.0 Å². The smallest absolute Gasteiger partial charge is 0.130 e. The van der Waals surface area contributed by atoms with E-state index in [-0.39, 0.29) is 0 Å². The minimum Gasteiger partial charge on any atom is -0.493 e. The fourth-order valence-corrected chi connectivity index (χ4v) is 2.58.